The van der Waals surface area contributed by atoms with Crippen LogP contribution in [0.1, 0.15) is 23.2 Å². The fourth-order valence-corrected chi connectivity index (χ4v) is 2.67. The monoisotopic (exact) mass is 313 g/mol. The van der Waals surface area contributed by atoms with Gasteiger partial charge in [-0.2, -0.15) is 0 Å². The molecule has 1 heterocycles. The molecule has 1 aliphatic rings. The summed E-state index contributed by atoms with van der Waals surface area (Å²) < 4.78 is 6.13. The molecule has 0 aliphatic carbocycles. The zero-order valence-corrected chi connectivity index (χ0v) is 11.8. The Balaban J connectivity index is 2.23. The van der Waals surface area contributed by atoms with Crippen LogP contribution in [0.3, 0.4) is 0 Å². The van der Waals surface area contributed by atoms with Gasteiger partial charge in [0, 0.05) is 36.5 Å². The average Bonchev–Trinajstić information content (AvgIpc) is 2.38. The van der Waals surface area contributed by atoms with E-state index < -0.39 is 5.97 Å². The van der Waals surface area contributed by atoms with Crippen molar-refractivity contribution in [3.63, 3.8) is 0 Å². The molecule has 5 heteroatoms. The van der Waals surface area contributed by atoms with Gasteiger partial charge in [0.25, 0.3) is 0 Å². The highest BCUT2D eigenvalue weighted by Gasteiger charge is 2.19. The van der Waals surface area contributed by atoms with Gasteiger partial charge in [0.05, 0.1) is 5.56 Å². The predicted octanol–water partition coefficient (Wildman–Crippen LogP) is 2.76. The Morgan fingerprint density at radius 1 is 1.39 bits per heavy atom. The Hall–Kier alpha value is -1.07. The first-order valence-electron chi connectivity index (χ1n) is 5.92. The summed E-state index contributed by atoms with van der Waals surface area (Å²) in [6, 6.07) is 5.68. The normalized spacial score (nSPS) is 16.6. The number of nitrogens with zero attached hydrogens (tertiary/aromatic N) is 1. The summed E-state index contributed by atoms with van der Waals surface area (Å²) in [6.07, 6.45) is 1.96. The molecule has 0 radical (unpaired) electrons. The van der Waals surface area contributed by atoms with Crippen molar-refractivity contribution in [3.8, 4) is 0 Å². The fraction of sp³-hybridized carbons (Fsp3) is 0.462. The van der Waals surface area contributed by atoms with Gasteiger partial charge in [0.1, 0.15) is 0 Å². The summed E-state index contributed by atoms with van der Waals surface area (Å²) in [5.74, 6) is -0.905. The highest BCUT2D eigenvalue weighted by atomic mass is 79.9. The molecular formula is C13H16BrNO3. The van der Waals surface area contributed by atoms with Crippen molar-refractivity contribution in [3.05, 3.63) is 28.2 Å². The van der Waals surface area contributed by atoms with Crippen LogP contribution in [0.15, 0.2) is 22.7 Å². The van der Waals surface area contributed by atoms with E-state index in [1.165, 1.54) is 0 Å². The van der Waals surface area contributed by atoms with E-state index in [1.807, 2.05) is 13.1 Å². The quantitative estimate of drug-likeness (QED) is 0.932. The number of carbonyl (C=O) groups is 1. The molecule has 1 aliphatic heterocycles. The SMILES string of the molecule is CN(c1cc(Br)cc(C(=O)O)c1)C1CCOCC1. The van der Waals surface area contributed by atoms with Gasteiger partial charge >= 0.3 is 5.97 Å². The first kappa shape index (κ1) is 13.4. The number of halogens is 1. The first-order chi connectivity index (χ1) is 8.58. The molecule has 1 aromatic rings. The van der Waals surface area contributed by atoms with Crippen LogP contribution in [0.4, 0.5) is 5.69 Å². The largest absolute Gasteiger partial charge is 0.478 e. The Labute approximate surface area is 115 Å². The van der Waals surface area contributed by atoms with E-state index in [1.54, 1.807) is 12.1 Å². The molecular weight excluding hydrogens is 298 g/mol. The van der Waals surface area contributed by atoms with Crippen LogP contribution in [0.25, 0.3) is 0 Å². The van der Waals surface area contributed by atoms with Crippen LogP contribution in [0, 0.1) is 0 Å². The van der Waals surface area contributed by atoms with Gasteiger partial charge in [-0.15, -0.1) is 0 Å². The van der Waals surface area contributed by atoms with Crippen molar-refractivity contribution in [1.82, 2.24) is 0 Å². The van der Waals surface area contributed by atoms with E-state index in [0.717, 1.165) is 36.2 Å². The number of carboxylic acids is 1. The number of anilines is 1. The molecule has 0 amide bonds. The molecule has 2 rings (SSSR count). The Kier molecular flexibility index (Phi) is 4.24. The minimum absolute atomic E-state index is 0.304. The molecule has 18 heavy (non-hydrogen) atoms. The van der Waals surface area contributed by atoms with Crippen LogP contribution >= 0.6 is 15.9 Å². The summed E-state index contributed by atoms with van der Waals surface area (Å²) in [7, 11) is 2.00. The summed E-state index contributed by atoms with van der Waals surface area (Å²) in [5.41, 5.74) is 1.23. The van der Waals surface area contributed by atoms with E-state index in [4.69, 9.17) is 9.84 Å². The maximum atomic E-state index is 11.0. The molecule has 4 nitrogen and oxygen atoms in total. The molecule has 98 valence electrons. The molecule has 0 atom stereocenters. The first-order valence-corrected chi connectivity index (χ1v) is 6.71. The Morgan fingerprint density at radius 2 is 2.06 bits per heavy atom. The summed E-state index contributed by atoms with van der Waals surface area (Å²) in [6.45, 7) is 1.55. The Bertz CT molecular complexity index is 444. The lowest BCUT2D eigenvalue weighted by atomic mass is 10.1. The van der Waals surface area contributed by atoms with Crippen LogP contribution < -0.4 is 4.90 Å². The van der Waals surface area contributed by atoms with Crippen molar-refractivity contribution >= 4 is 27.6 Å². The summed E-state index contributed by atoms with van der Waals surface area (Å²) in [5, 5.41) is 9.07. The second-order valence-electron chi connectivity index (χ2n) is 4.46. The van der Waals surface area contributed by atoms with Gasteiger partial charge in [-0.1, -0.05) is 15.9 Å². The highest BCUT2D eigenvalue weighted by molar-refractivity contribution is 9.10. The number of rotatable bonds is 3. The molecule has 0 spiro atoms. The number of aromatic carboxylic acids is 1. The molecule has 0 saturated carbocycles. The molecule has 1 N–H and O–H groups in total. The van der Waals surface area contributed by atoms with Gasteiger partial charge in [0.2, 0.25) is 0 Å². The topological polar surface area (TPSA) is 49.8 Å². The number of ether oxygens (including phenoxy) is 1. The third kappa shape index (κ3) is 3.03. The second kappa shape index (κ2) is 5.71. The minimum atomic E-state index is -0.905. The third-order valence-electron chi connectivity index (χ3n) is 3.28. The van der Waals surface area contributed by atoms with E-state index in [2.05, 4.69) is 20.8 Å². The van der Waals surface area contributed by atoms with E-state index in [9.17, 15) is 4.79 Å². The predicted molar refractivity (Wildman–Crippen MR) is 73.3 cm³/mol. The molecule has 1 fully saturated rings. The average molecular weight is 314 g/mol. The van der Waals surface area contributed by atoms with Crippen molar-refractivity contribution in [2.45, 2.75) is 18.9 Å². The van der Waals surface area contributed by atoms with Crippen molar-refractivity contribution in [2.24, 2.45) is 0 Å². The standard InChI is InChI=1S/C13H16BrNO3/c1-15(11-2-4-18-5-3-11)12-7-9(13(16)17)6-10(14)8-12/h6-8,11H,2-5H2,1H3,(H,16,17). The zero-order chi connectivity index (χ0) is 13.1. The van der Waals surface area contributed by atoms with Gasteiger partial charge in [0.15, 0.2) is 0 Å². The van der Waals surface area contributed by atoms with Crippen LogP contribution in [0.2, 0.25) is 0 Å². The van der Waals surface area contributed by atoms with Crippen LogP contribution in [0.5, 0.6) is 0 Å². The van der Waals surface area contributed by atoms with Crippen LogP contribution in [-0.2, 0) is 4.74 Å². The van der Waals surface area contributed by atoms with E-state index in [-0.39, 0.29) is 0 Å². The molecule has 1 aromatic carbocycles. The van der Waals surface area contributed by atoms with E-state index in [0.29, 0.717) is 11.6 Å². The lowest BCUT2D eigenvalue weighted by molar-refractivity contribution is 0.0696. The number of benzene rings is 1. The molecule has 1 saturated heterocycles. The van der Waals surface area contributed by atoms with E-state index >= 15 is 0 Å². The lowest BCUT2D eigenvalue weighted by Gasteiger charge is -2.33. The smallest absolute Gasteiger partial charge is 0.335 e. The number of hydrogen-bond acceptors (Lipinski definition) is 3. The lowest BCUT2D eigenvalue weighted by Crippen LogP contribution is -2.36. The van der Waals surface area contributed by atoms with Gasteiger partial charge < -0.3 is 14.7 Å². The van der Waals surface area contributed by atoms with Crippen molar-refractivity contribution < 1.29 is 14.6 Å². The van der Waals surface area contributed by atoms with Gasteiger partial charge in [-0.05, 0) is 31.0 Å². The molecule has 0 unspecified atom stereocenters. The van der Waals surface area contributed by atoms with Gasteiger partial charge in [-0.3, -0.25) is 0 Å². The fourth-order valence-electron chi connectivity index (χ4n) is 2.18. The zero-order valence-electron chi connectivity index (χ0n) is 10.2. The van der Waals surface area contributed by atoms with Crippen molar-refractivity contribution in [1.29, 1.82) is 0 Å². The highest BCUT2D eigenvalue weighted by Crippen LogP contribution is 2.26. The van der Waals surface area contributed by atoms with Crippen molar-refractivity contribution in [2.75, 3.05) is 25.2 Å². The number of carboxylic acid groups (broad SMARTS) is 1. The summed E-state index contributed by atoms with van der Waals surface area (Å²) >= 11 is 3.36. The molecule has 0 bridgehead atoms. The molecule has 0 aromatic heterocycles. The van der Waals surface area contributed by atoms with Crippen LogP contribution in [-0.4, -0.2) is 37.4 Å². The minimum Gasteiger partial charge on any atom is -0.478 e. The maximum Gasteiger partial charge on any atom is 0.335 e. The van der Waals surface area contributed by atoms with Gasteiger partial charge in [-0.25, -0.2) is 4.79 Å². The summed E-state index contributed by atoms with van der Waals surface area (Å²) in [4.78, 5) is 13.2. The maximum absolute atomic E-state index is 11.0. The third-order valence-corrected chi connectivity index (χ3v) is 3.73. The Morgan fingerprint density at radius 3 is 2.67 bits per heavy atom. The number of hydrogen-bond donors (Lipinski definition) is 1. The second-order valence-corrected chi connectivity index (χ2v) is 5.37.